The van der Waals surface area contributed by atoms with Crippen LogP contribution in [0.15, 0.2) is 72.9 Å². The predicted octanol–water partition coefficient (Wildman–Crippen LogP) is 4.01. The van der Waals surface area contributed by atoms with Gasteiger partial charge in [0.05, 0.1) is 5.56 Å². The number of benzene rings is 2. The van der Waals surface area contributed by atoms with Crippen molar-refractivity contribution in [2.75, 3.05) is 6.54 Å². The zero-order valence-electron chi connectivity index (χ0n) is 17.1. The number of amides is 1. The number of rotatable bonds is 7. The van der Waals surface area contributed by atoms with Gasteiger partial charge in [-0.25, -0.2) is 4.98 Å². The van der Waals surface area contributed by atoms with Gasteiger partial charge in [-0.2, -0.15) is 0 Å². The largest absolute Gasteiger partial charge is 0.474 e. The first-order valence-corrected chi connectivity index (χ1v) is 10.4. The van der Waals surface area contributed by atoms with Crippen LogP contribution in [0.25, 0.3) is 0 Å². The predicted molar refractivity (Wildman–Crippen MR) is 118 cm³/mol. The third-order valence-electron chi connectivity index (χ3n) is 5.72. The van der Waals surface area contributed by atoms with Crippen LogP contribution in [-0.2, 0) is 6.42 Å². The van der Waals surface area contributed by atoms with E-state index in [1.54, 1.807) is 12.1 Å². The summed E-state index contributed by atoms with van der Waals surface area (Å²) in [7, 11) is 0. The number of hydrogen-bond donors (Lipinski definition) is 2. The van der Waals surface area contributed by atoms with Crippen molar-refractivity contribution in [1.82, 2.24) is 10.3 Å². The Morgan fingerprint density at radius 1 is 1.13 bits per heavy atom. The van der Waals surface area contributed by atoms with Crippen LogP contribution in [0.2, 0.25) is 0 Å². The van der Waals surface area contributed by atoms with Crippen molar-refractivity contribution in [3.8, 4) is 5.88 Å². The van der Waals surface area contributed by atoms with Crippen molar-refractivity contribution >= 4 is 5.91 Å². The zero-order valence-corrected chi connectivity index (χ0v) is 17.1. The Hall–Kier alpha value is -3.18. The SMILES string of the molecule is CC(CNC1CC(Oc2ccc(C(N)=O)cn2)Cc2ccccc21)c1ccccc1. The minimum absolute atomic E-state index is 0.0105. The van der Waals surface area contributed by atoms with E-state index in [1.165, 1.54) is 22.9 Å². The molecular weight excluding hydrogens is 374 g/mol. The molecule has 1 aliphatic carbocycles. The van der Waals surface area contributed by atoms with Gasteiger partial charge in [0.25, 0.3) is 0 Å². The van der Waals surface area contributed by atoms with E-state index in [0.717, 1.165) is 19.4 Å². The second kappa shape index (κ2) is 9.09. The Morgan fingerprint density at radius 3 is 2.63 bits per heavy atom. The molecule has 0 saturated heterocycles. The van der Waals surface area contributed by atoms with E-state index in [2.05, 4.69) is 65.8 Å². The lowest BCUT2D eigenvalue weighted by atomic mass is 9.85. The molecule has 0 saturated carbocycles. The highest BCUT2D eigenvalue weighted by atomic mass is 16.5. The Balaban J connectivity index is 1.45. The van der Waals surface area contributed by atoms with Gasteiger partial charge in [-0.3, -0.25) is 4.79 Å². The van der Waals surface area contributed by atoms with E-state index in [4.69, 9.17) is 10.5 Å². The van der Waals surface area contributed by atoms with E-state index in [0.29, 0.717) is 17.4 Å². The Morgan fingerprint density at radius 2 is 1.90 bits per heavy atom. The first kappa shape index (κ1) is 20.1. The maximum absolute atomic E-state index is 11.2. The van der Waals surface area contributed by atoms with E-state index in [1.807, 2.05) is 6.07 Å². The fraction of sp³-hybridized carbons (Fsp3) is 0.280. The summed E-state index contributed by atoms with van der Waals surface area (Å²) in [6.45, 7) is 3.14. The summed E-state index contributed by atoms with van der Waals surface area (Å²) in [6, 6.07) is 22.7. The molecule has 1 aromatic heterocycles. The fourth-order valence-corrected chi connectivity index (χ4v) is 4.05. The number of aromatic nitrogens is 1. The second-order valence-electron chi connectivity index (χ2n) is 7.90. The number of carbonyl (C=O) groups is 1. The monoisotopic (exact) mass is 401 g/mol. The number of ether oxygens (including phenoxy) is 1. The lowest BCUT2D eigenvalue weighted by Gasteiger charge is -2.33. The molecule has 5 nitrogen and oxygen atoms in total. The summed E-state index contributed by atoms with van der Waals surface area (Å²) in [5, 5.41) is 3.75. The third-order valence-corrected chi connectivity index (χ3v) is 5.72. The number of pyridine rings is 1. The normalized spacial score (nSPS) is 19.0. The van der Waals surface area contributed by atoms with Gasteiger partial charge in [0.2, 0.25) is 11.8 Å². The van der Waals surface area contributed by atoms with Gasteiger partial charge in [0.1, 0.15) is 6.10 Å². The number of carbonyl (C=O) groups excluding carboxylic acids is 1. The molecule has 5 heteroatoms. The topological polar surface area (TPSA) is 77.2 Å². The van der Waals surface area contributed by atoms with Crippen LogP contribution in [0.1, 0.15) is 52.4 Å². The van der Waals surface area contributed by atoms with Crippen molar-refractivity contribution in [3.05, 3.63) is 95.2 Å². The highest BCUT2D eigenvalue weighted by Gasteiger charge is 2.28. The number of nitrogens with one attached hydrogen (secondary N) is 1. The van der Waals surface area contributed by atoms with Crippen molar-refractivity contribution in [3.63, 3.8) is 0 Å². The number of hydrogen-bond acceptors (Lipinski definition) is 4. The summed E-state index contributed by atoms with van der Waals surface area (Å²) in [5.41, 5.74) is 9.65. The number of nitrogens with zero attached hydrogens (tertiary/aromatic N) is 1. The molecule has 1 amide bonds. The summed E-state index contributed by atoms with van der Waals surface area (Å²) >= 11 is 0. The molecular formula is C25H27N3O2. The minimum atomic E-state index is -0.488. The van der Waals surface area contributed by atoms with Crippen LogP contribution in [0.4, 0.5) is 0 Å². The smallest absolute Gasteiger partial charge is 0.250 e. The van der Waals surface area contributed by atoms with Gasteiger partial charge in [-0.15, -0.1) is 0 Å². The molecule has 1 aliphatic rings. The fourth-order valence-electron chi connectivity index (χ4n) is 4.05. The van der Waals surface area contributed by atoms with E-state index < -0.39 is 5.91 Å². The molecule has 3 N–H and O–H groups in total. The highest BCUT2D eigenvalue weighted by molar-refractivity contribution is 5.92. The van der Waals surface area contributed by atoms with Gasteiger partial charge in [-0.1, -0.05) is 61.5 Å². The Kier molecular flexibility index (Phi) is 6.10. The molecule has 1 heterocycles. The molecule has 0 radical (unpaired) electrons. The lowest BCUT2D eigenvalue weighted by Crippen LogP contribution is -2.36. The van der Waals surface area contributed by atoms with Crippen LogP contribution >= 0.6 is 0 Å². The average molecular weight is 402 g/mol. The first-order valence-electron chi connectivity index (χ1n) is 10.4. The van der Waals surface area contributed by atoms with Gasteiger partial charge in [0.15, 0.2) is 0 Å². The molecule has 2 aromatic carbocycles. The molecule has 3 unspecified atom stereocenters. The van der Waals surface area contributed by atoms with E-state index in [9.17, 15) is 4.79 Å². The average Bonchev–Trinajstić information content (AvgIpc) is 2.78. The van der Waals surface area contributed by atoms with Crippen molar-refractivity contribution < 1.29 is 9.53 Å². The molecule has 0 bridgehead atoms. The number of primary amides is 1. The third kappa shape index (κ3) is 4.69. The zero-order chi connectivity index (χ0) is 20.9. The maximum atomic E-state index is 11.2. The molecule has 0 spiro atoms. The van der Waals surface area contributed by atoms with Crippen LogP contribution in [0.5, 0.6) is 5.88 Å². The van der Waals surface area contributed by atoms with Crippen LogP contribution < -0.4 is 15.8 Å². The van der Waals surface area contributed by atoms with Crippen molar-refractivity contribution in [1.29, 1.82) is 0 Å². The van der Waals surface area contributed by atoms with Gasteiger partial charge in [0, 0.05) is 37.7 Å². The van der Waals surface area contributed by atoms with Crippen LogP contribution in [-0.4, -0.2) is 23.5 Å². The Bertz CT molecular complexity index is 989. The molecule has 0 aliphatic heterocycles. The maximum Gasteiger partial charge on any atom is 0.250 e. The molecule has 3 aromatic rings. The second-order valence-corrected chi connectivity index (χ2v) is 7.90. The molecule has 3 atom stereocenters. The van der Waals surface area contributed by atoms with Crippen molar-refractivity contribution in [2.45, 2.75) is 37.8 Å². The summed E-state index contributed by atoms with van der Waals surface area (Å²) in [5.74, 6) is 0.445. The molecule has 154 valence electrons. The standard InChI is InChI=1S/C25H27N3O2/c1-17(18-7-3-2-4-8-18)15-27-23-14-21(13-19-9-5-6-10-22(19)23)30-24-12-11-20(16-28-24)25(26)29/h2-12,16-17,21,23,27H,13-15H2,1H3,(H2,26,29). The molecule has 0 fully saturated rings. The molecule has 4 rings (SSSR count). The van der Waals surface area contributed by atoms with E-state index >= 15 is 0 Å². The first-order chi connectivity index (χ1) is 14.6. The highest BCUT2D eigenvalue weighted by Crippen LogP contribution is 2.32. The number of fused-ring (bicyclic) bond motifs is 1. The van der Waals surface area contributed by atoms with Crippen molar-refractivity contribution in [2.24, 2.45) is 5.73 Å². The Labute approximate surface area is 177 Å². The summed E-state index contributed by atoms with van der Waals surface area (Å²) < 4.78 is 6.17. The van der Waals surface area contributed by atoms with E-state index in [-0.39, 0.29) is 12.1 Å². The lowest BCUT2D eigenvalue weighted by molar-refractivity contribution is 0.0999. The summed E-state index contributed by atoms with van der Waals surface area (Å²) in [4.78, 5) is 15.5. The quantitative estimate of drug-likeness (QED) is 0.627. The van der Waals surface area contributed by atoms with Gasteiger partial charge in [-0.05, 0) is 28.7 Å². The molecule has 30 heavy (non-hydrogen) atoms. The summed E-state index contributed by atoms with van der Waals surface area (Å²) in [6.07, 6.45) is 3.17. The van der Waals surface area contributed by atoms with Gasteiger partial charge >= 0.3 is 0 Å². The van der Waals surface area contributed by atoms with Gasteiger partial charge < -0.3 is 15.8 Å². The minimum Gasteiger partial charge on any atom is -0.474 e. The van der Waals surface area contributed by atoms with Crippen LogP contribution in [0.3, 0.4) is 0 Å². The van der Waals surface area contributed by atoms with Crippen LogP contribution in [0, 0.1) is 0 Å². The number of nitrogens with two attached hydrogens (primary N) is 1.